The van der Waals surface area contributed by atoms with Gasteiger partial charge in [0, 0.05) is 23.7 Å². The van der Waals surface area contributed by atoms with Gasteiger partial charge in [-0.2, -0.15) is 0 Å². The molecule has 0 bridgehead atoms. The van der Waals surface area contributed by atoms with Crippen LogP contribution in [-0.2, 0) is 11.3 Å². The van der Waals surface area contributed by atoms with E-state index in [9.17, 15) is 0 Å². The standard InChI is InChI=1S/C12H14BrN3O/c1-9-4-3-5-10(11(9)13)12-15-14-8-16(12)6-7-17-2/h3-5,8H,6-7H2,1-2H3. The summed E-state index contributed by atoms with van der Waals surface area (Å²) in [6.07, 6.45) is 1.73. The quantitative estimate of drug-likeness (QED) is 0.871. The summed E-state index contributed by atoms with van der Waals surface area (Å²) in [5.74, 6) is 0.859. The Morgan fingerprint density at radius 2 is 2.24 bits per heavy atom. The summed E-state index contributed by atoms with van der Waals surface area (Å²) in [6, 6.07) is 6.11. The van der Waals surface area contributed by atoms with Crippen LogP contribution in [0, 0.1) is 6.92 Å². The van der Waals surface area contributed by atoms with Gasteiger partial charge < -0.3 is 9.30 Å². The summed E-state index contributed by atoms with van der Waals surface area (Å²) >= 11 is 3.59. The Hall–Kier alpha value is -1.20. The van der Waals surface area contributed by atoms with Crippen molar-refractivity contribution in [1.82, 2.24) is 14.8 Å². The second-order valence-electron chi connectivity index (χ2n) is 3.78. The molecule has 5 heteroatoms. The molecule has 1 aromatic heterocycles. The first-order valence-electron chi connectivity index (χ1n) is 5.36. The Labute approximate surface area is 109 Å². The number of ether oxygens (including phenoxy) is 1. The lowest BCUT2D eigenvalue weighted by atomic mass is 10.1. The largest absolute Gasteiger partial charge is 0.383 e. The van der Waals surface area contributed by atoms with Crippen molar-refractivity contribution in [2.75, 3.05) is 13.7 Å². The maximum absolute atomic E-state index is 5.07. The van der Waals surface area contributed by atoms with Crippen LogP contribution in [0.3, 0.4) is 0 Å². The van der Waals surface area contributed by atoms with E-state index in [0.29, 0.717) is 6.61 Å². The number of aryl methyl sites for hydroxylation is 1. The Morgan fingerprint density at radius 1 is 1.41 bits per heavy atom. The van der Waals surface area contributed by atoms with E-state index in [1.165, 1.54) is 5.56 Å². The Balaban J connectivity index is 2.39. The van der Waals surface area contributed by atoms with Gasteiger partial charge in [-0.1, -0.05) is 18.2 Å². The van der Waals surface area contributed by atoms with Gasteiger partial charge >= 0.3 is 0 Å². The molecule has 4 nitrogen and oxygen atoms in total. The molecule has 17 heavy (non-hydrogen) atoms. The second-order valence-corrected chi connectivity index (χ2v) is 4.57. The van der Waals surface area contributed by atoms with Gasteiger partial charge in [-0.25, -0.2) is 0 Å². The second kappa shape index (κ2) is 5.42. The van der Waals surface area contributed by atoms with Gasteiger partial charge in [0.1, 0.15) is 6.33 Å². The fourth-order valence-corrected chi connectivity index (χ4v) is 2.08. The van der Waals surface area contributed by atoms with Crippen molar-refractivity contribution >= 4 is 15.9 Å². The average Bonchev–Trinajstić information content (AvgIpc) is 2.78. The smallest absolute Gasteiger partial charge is 0.164 e. The highest BCUT2D eigenvalue weighted by Gasteiger charge is 2.11. The minimum Gasteiger partial charge on any atom is -0.383 e. The Kier molecular flexibility index (Phi) is 3.91. The number of aromatic nitrogens is 3. The van der Waals surface area contributed by atoms with Crippen LogP contribution < -0.4 is 0 Å². The first kappa shape index (κ1) is 12.3. The third kappa shape index (κ3) is 2.56. The van der Waals surface area contributed by atoms with Gasteiger partial charge in [-0.3, -0.25) is 0 Å². The number of methoxy groups -OCH3 is 1. The highest BCUT2D eigenvalue weighted by atomic mass is 79.9. The van der Waals surface area contributed by atoms with Crippen molar-refractivity contribution in [3.8, 4) is 11.4 Å². The molecular weight excluding hydrogens is 282 g/mol. The first-order chi connectivity index (χ1) is 8.24. The summed E-state index contributed by atoms with van der Waals surface area (Å²) in [7, 11) is 1.69. The third-order valence-electron chi connectivity index (χ3n) is 2.58. The normalized spacial score (nSPS) is 10.8. The van der Waals surface area contributed by atoms with Crippen LogP contribution in [0.1, 0.15) is 5.56 Å². The van der Waals surface area contributed by atoms with E-state index in [1.54, 1.807) is 13.4 Å². The number of benzene rings is 1. The Morgan fingerprint density at radius 3 is 3.00 bits per heavy atom. The van der Waals surface area contributed by atoms with Gasteiger partial charge in [-0.05, 0) is 28.4 Å². The van der Waals surface area contributed by atoms with E-state index < -0.39 is 0 Å². The molecule has 0 saturated carbocycles. The molecule has 0 N–H and O–H groups in total. The molecule has 0 radical (unpaired) electrons. The fourth-order valence-electron chi connectivity index (χ4n) is 1.64. The maximum atomic E-state index is 5.07. The van der Waals surface area contributed by atoms with E-state index >= 15 is 0 Å². The summed E-state index contributed by atoms with van der Waals surface area (Å²) in [5.41, 5.74) is 2.24. The predicted molar refractivity (Wildman–Crippen MR) is 69.8 cm³/mol. The fraction of sp³-hybridized carbons (Fsp3) is 0.333. The summed E-state index contributed by atoms with van der Waals surface area (Å²) in [5, 5.41) is 8.13. The lowest BCUT2D eigenvalue weighted by Crippen LogP contribution is -2.05. The number of nitrogens with zero attached hydrogens (tertiary/aromatic N) is 3. The van der Waals surface area contributed by atoms with Gasteiger partial charge in [0.2, 0.25) is 0 Å². The van der Waals surface area contributed by atoms with Crippen LogP contribution in [0.15, 0.2) is 29.0 Å². The topological polar surface area (TPSA) is 39.9 Å². The molecule has 2 rings (SSSR count). The lowest BCUT2D eigenvalue weighted by molar-refractivity contribution is 0.187. The van der Waals surface area contributed by atoms with E-state index in [-0.39, 0.29) is 0 Å². The molecule has 0 spiro atoms. The molecule has 0 aliphatic carbocycles. The van der Waals surface area contributed by atoms with Crippen LogP contribution >= 0.6 is 15.9 Å². The molecule has 0 saturated heterocycles. The zero-order valence-electron chi connectivity index (χ0n) is 9.85. The van der Waals surface area contributed by atoms with E-state index in [2.05, 4.69) is 39.1 Å². The molecule has 0 aliphatic rings. The SMILES string of the molecule is COCCn1cnnc1-c1cccc(C)c1Br. The van der Waals surface area contributed by atoms with Crippen molar-refractivity contribution in [2.24, 2.45) is 0 Å². The molecule has 90 valence electrons. The molecule has 1 heterocycles. The van der Waals surface area contributed by atoms with Crippen molar-refractivity contribution in [1.29, 1.82) is 0 Å². The summed E-state index contributed by atoms with van der Waals surface area (Å²) in [6.45, 7) is 3.46. The zero-order valence-corrected chi connectivity index (χ0v) is 11.4. The monoisotopic (exact) mass is 295 g/mol. The van der Waals surface area contributed by atoms with Gasteiger partial charge in [0.05, 0.1) is 6.61 Å². The minimum absolute atomic E-state index is 0.647. The highest BCUT2D eigenvalue weighted by molar-refractivity contribution is 9.10. The maximum Gasteiger partial charge on any atom is 0.164 e. The number of hydrogen-bond acceptors (Lipinski definition) is 3. The molecule has 1 aromatic carbocycles. The predicted octanol–water partition coefficient (Wildman–Crippen LogP) is 2.66. The van der Waals surface area contributed by atoms with Crippen molar-refractivity contribution in [3.63, 3.8) is 0 Å². The highest BCUT2D eigenvalue weighted by Crippen LogP contribution is 2.29. The van der Waals surface area contributed by atoms with Crippen LogP contribution in [-0.4, -0.2) is 28.5 Å². The van der Waals surface area contributed by atoms with Crippen LogP contribution in [0.4, 0.5) is 0 Å². The van der Waals surface area contributed by atoms with Crippen LogP contribution in [0.2, 0.25) is 0 Å². The average molecular weight is 296 g/mol. The molecule has 0 aliphatic heterocycles. The van der Waals surface area contributed by atoms with E-state index in [4.69, 9.17) is 4.74 Å². The van der Waals surface area contributed by atoms with Crippen molar-refractivity contribution < 1.29 is 4.74 Å². The summed E-state index contributed by atoms with van der Waals surface area (Å²) < 4.78 is 8.12. The Bertz CT molecular complexity index is 510. The van der Waals surface area contributed by atoms with Crippen molar-refractivity contribution in [3.05, 3.63) is 34.6 Å². The molecule has 0 amide bonds. The molecular formula is C12H14BrN3O. The minimum atomic E-state index is 0.647. The molecule has 0 fully saturated rings. The number of rotatable bonds is 4. The lowest BCUT2D eigenvalue weighted by Gasteiger charge is -2.08. The van der Waals surface area contributed by atoms with Crippen LogP contribution in [0.5, 0.6) is 0 Å². The van der Waals surface area contributed by atoms with Gasteiger partial charge in [0.15, 0.2) is 5.82 Å². The number of halogens is 1. The zero-order chi connectivity index (χ0) is 12.3. The van der Waals surface area contributed by atoms with Crippen LogP contribution in [0.25, 0.3) is 11.4 Å². The molecule has 2 aromatic rings. The van der Waals surface area contributed by atoms with E-state index in [0.717, 1.165) is 22.4 Å². The van der Waals surface area contributed by atoms with Gasteiger partial charge in [-0.15, -0.1) is 10.2 Å². The summed E-state index contributed by atoms with van der Waals surface area (Å²) in [4.78, 5) is 0. The first-order valence-corrected chi connectivity index (χ1v) is 6.15. The number of hydrogen-bond donors (Lipinski definition) is 0. The van der Waals surface area contributed by atoms with Gasteiger partial charge in [0.25, 0.3) is 0 Å². The van der Waals surface area contributed by atoms with Crippen molar-refractivity contribution in [2.45, 2.75) is 13.5 Å². The molecule has 0 atom stereocenters. The third-order valence-corrected chi connectivity index (χ3v) is 3.64. The van der Waals surface area contributed by atoms with E-state index in [1.807, 2.05) is 16.7 Å². The molecule has 0 unspecified atom stereocenters.